The van der Waals surface area contributed by atoms with Gasteiger partial charge >= 0.3 is 0 Å². The molecule has 49 valence electrons. The molecule has 0 nitrogen and oxygen atoms in total. The molecular weight excluding hydrogens is 108 g/mol. The second-order valence-corrected chi connectivity index (χ2v) is 1.99. The molecule has 0 aromatic heterocycles. The van der Waals surface area contributed by atoms with E-state index in [0.29, 0.717) is 6.42 Å². The molecule has 0 aliphatic rings. The van der Waals surface area contributed by atoms with Crippen LogP contribution in [-0.2, 0) is 0 Å². The van der Waals surface area contributed by atoms with Crippen molar-refractivity contribution in [3.8, 4) is 5.92 Å². The van der Waals surface area contributed by atoms with Crippen molar-refractivity contribution in [2.75, 3.05) is 0 Å². The minimum atomic E-state index is 0.670. The zero-order chi connectivity index (χ0) is 6.95. The van der Waals surface area contributed by atoms with Crippen LogP contribution in [-0.4, -0.2) is 0 Å². The lowest BCUT2D eigenvalue weighted by Gasteiger charge is -1.85. The van der Waals surface area contributed by atoms with Crippen molar-refractivity contribution in [2.45, 2.75) is 32.6 Å². The highest BCUT2D eigenvalue weighted by Crippen LogP contribution is 1.95. The monoisotopic (exact) mass is 121 g/mol. The van der Waals surface area contributed by atoms with E-state index in [0.717, 1.165) is 6.42 Å². The van der Waals surface area contributed by atoms with E-state index < -0.39 is 0 Å². The van der Waals surface area contributed by atoms with Gasteiger partial charge in [-0.25, -0.2) is 0 Å². The molecule has 0 unspecified atom stereocenters. The van der Waals surface area contributed by atoms with Gasteiger partial charge in [-0.2, -0.15) is 0 Å². The standard InChI is InChI=1S/C9H13/c1-3-5-7-9-8-6-4-2/h8-9H,3,5-7H2,1H3. The molecule has 0 spiro atoms. The third-order valence-corrected chi connectivity index (χ3v) is 1.11. The molecule has 0 fully saturated rings. The predicted octanol–water partition coefficient (Wildman–Crippen LogP) is 2.71. The van der Waals surface area contributed by atoms with Gasteiger partial charge in [-0.15, -0.1) is 0 Å². The zero-order valence-electron chi connectivity index (χ0n) is 5.98. The zero-order valence-corrected chi connectivity index (χ0v) is 5.98. The molecule has 0 saturated heterocycles. The Morgan fingerprint density at radius 3 is 2.78 bits per heavy atom. The summed E-state index contributed by atoms with van der Waals surface area (Å²) in [6.45, 7) is 2.18. The number of hydrogen-bond donors (Lipinski definition) is 0. The second kappa shape index (κ2) is 7.30. The molecule has 0 atom stereocenters. The van der Waals surface area contributed by atoms with Crippen LogP contribution in [0.1, 0.15) is 32.6 Å². The first-order valence-corrected chi connectivity index (χ1v) is 3.46. The Bertz CT molecular complexity index is 104. The van der Waals surface area contributed by atoms with Crippen LogP contribution in [0, 0.1) is 12.3 Å². The molecule has 0 rings (SSSR count). The molecule has 0 aliphatic heterocycles. The van der Waals surface area contributed by atoms with E-state index in [-0.39, 0.29) is 0 Å². The van der Waals surface area contributed by atoms with Crippen molar-refractivity contribution in [1.82, 2.24) is 0 Å². The van der Waals surface area contributed by atoms with E-state index in [1.807, 2.05) is 6.08 Å². The third kappa shape index (κ3) is 7.30. The topological polar surface area (TPSA) is 0 Å². The van der Waals surface area contributed by atoms with Gasteiger partial charge in [-0.1, -0.05) is 37.8 Å². The van der Waals surface area contributed by atoms with Gasteiger partial charge in [0.1, 0.15) is 0 Å². The highest BCUT2D eigenvalue weighted by Gasteiger charge is 1.75. The van der Waals surface area contributed by atoms with Crippen LogP contribution in [0.2, 0.25) is 0 Å². The van der Waals surface area contributed by atoms with Crippen LogP contribution < -0.4 is 0 Å². The van der Waals surface area contributed by atoms with E-state index in [4.69, 9.17) is 6.42 Å². The van der Waals surface area contributed by atoms with E-state index >= 15 is 0 Å². The summed E-state index contributed by atoms with van der Waals surface area (Å²) in [5, 5.41) is 0. The fourth-order valence-electron chi connectivity index (χ4n) is 0.582. The normalized spacial score (nSPS) is 9.78. The van der Waals surface area contributed by atoms with E-state index in [1.54, 1.807) is 0 Å². The molecule has 0 aliphatic carbocycles. The van der Waals surface area contributed by atoms with Gasteiger partial charge in [-0.3, -0.25) is 0 Å². The third-order valence-electron chi connectivity index (χ3n) is 1.11. The summed E-state index contributed by atoms with van der Waals surface area (Å²) in [6, 6.07) is 0. The lowest BCUT2D eigenvalue weighted by molar-refractivity contribution is 0.813. The molecule has 0 saturated carbocycles. The maximum atomic E-state index is 6.58. The Balaban J connectivity index is 2.97. The van der Waals surface area contributed by atoms with E-state index in [2.05, 4.69) is 18.9 Å². The Morgan fingerprint density at radius 2 is 2.22 bits per heavy atom. The summed E-state index contributed by atoms with van der Waals surface area (Å²) in [7, 11) is 0. The lowest BCUT2D eigenvalue weighted by atomic mass is 10.2. The quantitative estimate of drug-likeness (QED) is 0.305. The van der Waals surface area contributed by atoms with Crippen LogP contribution in [0.15, 0.2) is 12.2 Å². The van der Waals surface area contributed by atoms with Gasteiger partial charge in [0, 0.05) is 6.42 Å². The molecule has 0 amide bonds. The summed E-state index contributed by atoms with van der Waals surface area (Å²) in [6.07, 6.45) is 15.0. The summed E-state index contributed by atoms with van der Waals surface area (Å²) < 4.78 is 0. The maximum absolute atomic E-state index is 6.58. The van der Waals surface area contributed by atoms with Gasteiger partial charge in [-0.05, 0) is 12.8 Å². The first-order valence-electron chi connectivity index (χ1n) is 3.46. The minimum Gasteiger partial charge on any atom is -0.0876 e. The maximum Gasteiger partial charge on any atom is 0.0279 e. The summed E-state index contributed by atoms with van der Waals surface area (Å²) >= 11 is 0. The fraction of sp³-hybridized carbons (Fsp3) is 0.556. The predicted molar refractivity (Wildman–Crippen MR) is 40.4 cm³/mol. The van der Waals surface area contributed by atoms with Crippen LogP contribution in [0.3, 0.4) is 0 Å². The largest absolute Gasteiger partial charge is 0.0876 e. The molecule has 9 heavy (non-hydrogen) atoms. The first-order chi connectivity index (χ1) is 4.41. The molecule has 0 aromatic carbocycles. The van der Waals surface area contributed by atoms with E-state index in [1.165, 1.54) is 12.8 Å². The molecular formula is C9H13. The lowest BCUT2D eigenvalue weighted by Crippen LogP contribution is -1.65. The highest BCUT2D eigenvalue weighted by molar-refractivity contribution is 4.92. The summed E-state index contributed by atoms with van der Waals surface area (Å²) in [5.41, 5.74) is 0. The van der Waals surface area contributed by atoms with Crippen molar-refractivity contribution in [3.05, 3.63) is 18.6 Å². The van der Waals surface area contributed by atoms with Crippen molar-refractivity contribution in [3.63, 3.8) is 0 Å². The van der Waals surface area contributed by atoms with Crippen molar-refractivity contribution >= 4 is 0 Å². The van der Waals surface area contributed by atoms with Gasteiger partial charge in [0.2, 0.25) is 0 Å². The minimum absolute atomic E-state index is 0.670. The van der Waals surface area contributed by atoms with Crippen molar-refractivity contribution in [1.29, 1.82) is 0 Å². The smallest absolute Gasteiger partial charge is 0.0279 e. The SMILES string of the molecule is [C]#CCC=CCCCC. The van der Waals surface area contributed by atoms with Gasteiger partial charge in [0.05, 0.1) is 0 Å². The summed E-state index contributed by atoms with van der Waals surface area (Å²) in [4.78, 5) is 0. The summed E-state index contributed by atoms with van der Waals surface area (Å²) in [5.74, 6) is 2.31. The average Bonchev–Trinajstić information content (AvgIpc) is 1.89. The van der Waals surface area contributed by atoms with Crippen LogP contribution in [0.5, 0.6) is 0 Å². The van der Waals surface area contributed by atoms with Gasteiger partial charge in [0.25, 0.3) is 0 Å². The molecule has 0 bridgehead atoms. The molecule has 0 heteroatoms. The molecule has 0 aromatic rings. The fourth-order valence-corrected chi connectivity index (χ4v) is 0.582. The number of unbranched alkanes of at least 4 members (excludes halogenated alkanes) is 2. The number of rotatable bonds is 4. The van der Waals surface area contributed by atoms with Crippen LogP contribution >= 0.6 is 0 Å². The Labute approximate surface area is 58.0 Å². The number of hydrogen-bond acceptors (Lipinski definition) is 0. The van der Waals surface area contributed by atoms with Crippen molar-refractivity contribution < 1.29 is 0 Å². The van der Waals surface area contributed by atoms with E-state index in [9.17, 15) is 0 Å². The highest BCUT2D eigenvalue weighted by atomic mass is 13.8. The first kappa shape index (κ1) is 8.30. The second-order valence-electron chi connectivity index (χ2n) is 1.99. The van der Waals surface area contributed by atoms with Crippen LogP contribution in [0.4, 0.5) is 0 Å². The molecule has 0 heterocycles. The Morgan fingerprint density at radius 1 is 1.44 bits per heavy atom. The van der Waals surface area contributed by atoms with Gasteiger partial charge in [0.15, 0.2) is 0 Å². The van der Waals surface area contributed by atoms with Gasteiger partial charge < -0.3 is 0 Å². The van der Waals surface area contributed by atoms with Crippen molar-refractivity contribution in [2.24, 2.45) is 0 Å². The Kier molecular flexibility index (Phi) is 6.73. The van der Waals surface area contributed by atoms with Crippen LogP contribution in [0.25, 0.3) is 0 Å². The number of allylic oxidation sites excluding steroid dienone is 2. The average molecular weight is 121 g/mol. The molecule has 1 radical (unpaired) electrons. The molecule has 0 N–H and O–H groups in total. The Hall–Kier alpha value is -0.700.